The molecule has 2 aliphatic rings. The van der Waals surface area contributed by atoms with E-state index in [1.54, 1.807) is 0 Å². The van der Waals surface area contributed by atoms with Gasteiger partial charge in [-0.2, -0.15) is 0 Å². The number of likely N-dealkylation sites (tertiary alicyclic amines) is 1. The van der Waals surface area contributed by atoms with Gasteiger partial charge in [0.15, 0.2) is 0 Å². The summed E-state index contributed by atoms with van der Waals surface area (Å²) in [6.45, 7) is 6.93. The molecule has 1 heterocycles. The molecular formula is C13H26N2. The first kappa shape index (κ1) is 11.4. The van der Waals surface area contributed by atoms with Crippen molar-refractivity contribution in [3.63, 3.8) is 0 Å². The van der Waals surface area contributed by atoms with Crippen molar-refractivity contribution >= 4 is 0 Å². The Morgan fingerprint density at radius 3 is 2.60 bits per heavy atom. The predicted octanol–water partition coefficient (Wildman–Crippen LogP) is 2.23. The van der Waals surface area contributed by atoms with Crippen LogP contribution in [0.2, 0.25) is 0 Å². The normalized spacial score (nSPS) is 43.4. The van der Waals surface area contributed by atoms with Crippen LogP contribution in [0.1, 0.15) is 46.0 Å². The first-order valence-corrected chi connectivity index (χ1v) is 6.66. The van der Waals surface area contributed by atoms with E-state index in [2.05, 4.69) is 18.7 Å². The second-order valence-corrected chi connectivity index (χ2v) is 5.81. The molecule has 0 aromatic rings. The van der Waals surface area contributed by atoms with Gasteiger partial charge in [0, 0.05) is 18.6 Å². The summed E-state index contributed by atoms with van der Waals surface area (Å²) in [5.41, 5.74) is 5.79. The Morgan fingerprint density at radius 2 is 2.00 bits per heavy atom. The predicted molar refractivity (Wildman–Crippen MR) is 64.7 cm³/mol. The molecule has 2 N–H and O–H groups in total. The third-order valence-electron chi connectivity index (χ3n) is 4.42. The Labute approximate surface area is 94.2 Å². The molecule has 1 saturated heterocycles. The molecule has 0 spiro atoms. The van der Waals surface area contributed by atoms with Gasteiger partial charge in [-0.3, -0.25) is 4.90 Å². The molecule has 1 saturated carbocycles. The molecule has 88 valence electrons. The molecule has 1 aliphatic carbocycles. The first-order valence-electron chi connectivity index (χ1n) is 6.66. The van der Waals surface area contributed by atoms with Gasteiger partial charge in [0.1, 0.15) is 0 Å². The average Bonchev–Trinajstić information content (AvgIpc) is 2.60. The lowest BCUT2D eigenvalue weighted by atomic mass is 9.86. The first-order chi connectivity index (χ1) is 7.20. The van der Waals surface area contributed by atoms with Gasteiger partial charge < -0.3 is 5.73 Å². The lowest BCUT2D eigenvalue weighted by molar-refractivity contribution is 0.126. The van der Waals surface area contributed by atoms with Gasteiger partial charge in [0.2, 0.25) is 0 Å². The van der Waals surface area contributed by atoms with Crippen molar-refractivity contribution in [1.29, 1.82) is 0 Å². The second kappa shape index (κ2) is 4.84. The highest BCUT2D eigenvalue weighted by atomic mass is 15.2. The Morgan fingerprint density at radius 1 is 1.20 bits per heavy atom. The lowest BCUT2D eigenvalue weighted by Gasteiger charge is -2.36. The minimum Gasteiger partial charge on any atom is -0.330 e. The molecule has 0 aromatic heterocycles. The number of nitrogens with two attached hydrogens (primary N) is 1. The Hall–Kier alpha value is -0.0800. The minimum atomic E-state index is 0.761. The van der Waals surface area contributed by atoms with Crippen molar-refractivity contribution in [3.05, 3.63) is 0 Å². The molecule has 2 heteroatoms. The van der Waals surface area contributed by atoms with Gasteiger partial charge in [-0.15, -0.1) is 0 Å². The second-order valence-electron chi connectivity index (χ2n) is 5.81. The summed E-state index contributed by atoms with van der Waals surface area (Å²) >= 11 is 0. The van der Waals surface area contributed by atoms with E-state index in [0.717, 1.165) is 30.5 Å². The molecule has 0 amide bonds. The quantitative estimate of drug-likeness (QED) is 0.757. The smallest absolute Gasteiger partial charge is 0.0101 e. The fourth-order valence-electron chi connectivity index (χ4n) is 3.55. The van der Waals surface area contributed by atoms with Crippen molar-refractivity contribution < 1.29 is 0 Å². The molecule has 15 heavy (non-hydrogen) atoms. The highest BCUT2D eigenvalue weighted by Gasteiger charge is 2.34. The maximum Gasteiger partial charge on any atom is 0.0101 e. The molecule has 2 rings (SSSR count). The summed E-state index contributed by atoms with van der Waals surface area (Å²) in [4.78, 5) is 2.74. The van der Waals surface area contributed by atoms with Crippen LogP contribution >= 0.6 is 0 Å². The van der Waals surface area contributed by atoms with Gasteiger partial charge in [-0.1, -0.05) is 19.8 Å². The molecule has 1 aliphatic heterocycles. The van der Waals surface area contributed by atoms with Crippen LogP contribution in [0.15, 0.2) is 0 Å². The average molecular weight is 210 g/mol. The lowest BCUT2D eigenvalue weighted by Crippen LogP contribution is -2.40. The van der Waals surface area contributed by atoms with Crippen molar-refractivity contribution in [1.82, 2.24) is 4.90 Å². The molecule has 4 atom stereocenters. The molecule has 2 fully saturated rings. The van der Waals surface area contributed by atoms with E-state index in [9.17, 15) is 0 Å². The summed E-state index contributed by atoms with van der Waals surface area (Å²) in [6.07, 6.45) is 7.04. The number of nitrogens with zero attached hydrogens (tertiary/aromatic N) is 1. The zero-order chi connectivity index (χ0) is 10.8. The van der Waals surface area contributed by atoms with Crippen LogP contribution in [-0.2, 0) is 0 Å². The fraction of sp³-hybridized carbons (Fsp3) is 1.00. The van der Waals surface area contributed by atoms with E-state index in [0.29, 0.717) is 0 Å². The summed E-state index contributed by atoms with van der Waals surface area (Å²) in [7, 11) is 0. The molecule has 2 nitrogen and oxygen atoms in total. The van der Waals surface area contributed by atoms with Gasteiger partial charge in [-0.05, 0) is 44.6 Å². The SMILES string of the molecule is CC1CCCC(N2CC(CN)CC2C)C1. The third-order valence-corrected chi connectivity index (χ3v) is 4.42. The maximum atomic E-state index is 5.79. The molecule has 0 radical (unpaired) electrons. The maximum absolute atomic E-state index is 5.79. The zero-order valence-electron chi connectivity index (χ0n) is 10.3. The fourth-order valence-corrected chi connectivity index (χ4v) is 3.55. The zero-order valence-corrected chi connectivity index (χ0v) is 10.3. The number of hydrogen-bond donors (Lipinski definition) is 1. The van der Waals surface area contributed by atoms with E-state index in [1.165, 1.54) is 38.6 Å². The van der Waals surface area contributed by atoms with Crippen molar-refractivity contribution in [2.45, 2.75) is 58.0 Å². The minimum absolute atomic E-state index is 0.761. The van der Waals surface area contributed by atoms with Crippen molar-refractivity contribution in [3.8, 4) is 0 Å². The summed E-state index contributed by atoms with van der Waals surface area (Å²) in [5, 5.41) is 0. The van der Waals surface area contributed by atoms with Crippen LogP contribution in [0.3, 0.4) is 0 Å². The van der Waals surface area contributed by atoms with Crippen LogP contribution in [0.4, 0.5) is 0 Å². The Kier molecular flexibility index (Phi) is 3.68. The van der Waals surface area contributed by atoms with Crippen LogP contribution in [0, 0.1) is 11.8 Å². The van der Waals surface area contributed by atoms with Gasteiger partial charge in [0.05, 0.1) is 0 Å². The molecule has 0 aromatic carbocycles. The largest absolute Gasteiger partial charge is 0.330 e. The Balaban J connectivity index is 1.92. The monoisotopic (exact) mass is 210 g/mol. The van der Waals surface area contributed by atoms with Gasteiger partial charge >= 0.3 is 0 Å². The van der Waals surface area contributed by atoms with Crippen LogP contribution in [0.5, 0.6) is 0 Å². The summed E-state index contributed by atoms with van der Waals surface area (Å²) in [6, 6.07) is 1.63. The highest BCUT2D eigenvalue weighted by Crippen LogP contribution is 2.33. The molecule has 4 unspecified atom stereocenters. The third kappa shape index (κ3) is 2.54. The highest BCUT2D eigenvalue weighted by molar-refractivity contribution is 4.89. The standard InChI is InChI=1S/C13H26N2/c1-10-4-3-5-13(6-10)15-9-12(8-14)7-11(15)2/h10-13H,3-9,14H2,1-2H3. The number of hydrogen-bond acceptors (Lipinski definition) is 2. The van der Waals surface area contributed by atoms with Crippen LogP contribution in [-0.4, -0.2) is 30.1 Å². The topological polar surface area (TPSA) is 29.3 Å². The van der Waals surface area contributed by atoms with E-state index in [4.69, 9.17) is 5.73 Å². The van der Waals surface area contributed by atoms with E-state index in [-0.39, 0.29) is 0 Å². The van der Waals surface area contributed by atoms with E-state index < -0.39 is 0 Å². The van der Waals surface area contributed by atoms with Crippen LogP contribution < -0.4 is 5.73 Å². The number of rotatable bonds is 2. The van der Waals surface area contributed by atoms with Crippen molar-refractivity contribution in [2.75, 3.05) is 13.1 Å². The molecular weight excluding hydrogens is 184 g/mol. The van der Waals surface area contributed by atoms with Crippen molar-refractivity contribution in [2.24, 2.45) is 17.6 Å². The van der Waals surface area contributed by atoms with E-state index >= 15 is 0 Å². The van der Waals surface area contributed by atoms with E-state index in [1.807, 2.05) is 0 Å². The van der Waals surface area contributed by atoms with Gasteiger partial charge in [-0.25, -0.2) is 0 Å². The van der Waals surface area contributed by atoms with Crippen LogP contribution in [0.25, 0.3) is 0 Å². The summed E-state index contributed by atoms with van der Waals surface area (Å²) in [5.74, 6) is 1.70. The Bertz CT molecular complexity index is 205. The van der Waals surface area contributed by atoms with Gasteiger partial charge in [0.25, 0.3) is 0 Å². The molecule has 0 bridgehead atoms. The summed E-state index contributed by atoms with van der Waals surface area (Å²) < 4.78 is 0.